The molecule has 2 nitrogen and oxygen atoms in total. The minimum absolute atomic E-state index is 0.233. The molecule has 0 aromatic carbocycles. The van der Waals surface area contributed by atoms with Gasteiger partial charge in [-0.3, -0.25) is 0 Å². The van der Waals surface area contributed by atoms with Gasteiger partial charge >= 0.3 is 0 Å². The summed E-state index contributed by atoms with van der Waals surface area (Å²) in [7, 11) is 1.66. The van der Waals surface area contributed by atoms with Gasteiger partial charge in [-0.2, -0.15) is 0 Å². The predicted octanol–water partition coefficient (Wildman–Crippen LogP) is 3.55. The van der Waals surface area contributed by atoms with E-state index in [0.717, 1.165) is 12.8 Å². The van der Waals surface area contributed by atoms with Gasteiger partial charge < -0.3 is 9.47 Å². The molecular formula is C11H21IO2. The molecule has 3 heteroatoms. The number of rotatable bonds is 9. The largest absolute Gasteiger partial charge is 0.359 e. The van der Waals surface area contributed by atoms with Gasteiger partial charge in [-0.15, -0.1) is 0 Å². The molecule has 14 heavy (non-hydrogen) atoms. The molecule has 0 heterocycles. The summed E-state index contributed by atoms with van der Waals surface area (Å²) in [5.74, 6) is 0. The molecule has 0 N–H and O–H groups in total. The summed E-state index contributed by atoms with van der Waals surface area (Å²) in [6, 6.07) is 0. The van der Waals surface area contributed by atoms with E-state index in [1.165, 1.54) is 17.3 Å². The number of ether oxygens (including phenoxy) is 2. The maximum Gasteiger partial charge on any atom is 0.147 e. The number of halogens is 1. The molecule has 84 valence electrons. The van der Waals surface area contributed by atoms with Gasteiger partial charge in [-0.05, 0) is 23.7 Å². The van der Waals surface area contributed by atoms with Crippen LogP contribution in [0.2, 0.25) is 0 Å². The molecule has 1 atom stereocenters. The second-order valence-electron chi connectivity index (χ2n) is 3.16. The van der Waals surface area contributed by atoms with Crippen molar-refractivity contribution in [1.29, 1.82) is 0 Å². The lowest BCUT2D eigenvalue weighted by molar-refractivity contribution is -0.0575. The van der Waals surface area contributed by atoms with Crippen LogP contribution in [0.25, 0.3) is 0 Å². The van der Waals surface area contributed by atoms with Crippen molar-refractivity contribution in [3.63, 3.8) is 0 Å². The first-order valence-corrected chi connectivity index (χ1v) is 6.70. The first kappa shape index (κ1) is 14.4. The van der Waals surface area contributed by atoms with Crippen molar-refractivity contribution in [2.75, 3.05) is 18.3 Å². The van der Waals surface area contributed by atoms with Crippen LogP contribution >= 0.6 is 22.6 Å². The van der Waals surface area contributed by atoms with Crippen molar-refractivity contribution in [2.45, 2.75) is 38.7 Å². The first-order chi connectivity index (χ1) is 6.85. The second-order valence-corrected chi connectivity index (χ2v) is 4.24. The highest BCUT2D eigenvalue weighted by Crippen LogP contribution is 2.07. The summed E-state index contributed by atoms with van der Waals surface area (Å²) >= 11 is 2.39. The number of hydrogen-bond acceptors (Lipinski definition) is 2. The number of methoxy groups -OCH3 is 1. The van der Waals surface area contributed by atoms with Gasteiger partial charge in [0, 0.05) is 7.11 Å². The monoisotopic (exact) mass is 312 g/mol. The molecular weight excluding hydrogens is 291 g/mol. The van der Waals surface area contributed by atoms with Crippen LogP contribution in [-0.4, -0.2) is 24.4 Å². The lowest BCUT2D eigenvalue weighted by atomic mass is 10.2. The molecule has 0 saturated heterocycles. The summed E-state index contributed by atoms with van der Waals surface area (Å²) in [4.78, 5) is 0. The van der Waals surface area contributed by atoms with Gasteiger partial charge in [0.25, 0.3) is 0 Å². The lowest BCUT2D eigenvalue weighted by Gasteiger charge is -2.12. The molecule has 0 radical (unpaired) electrons. The van der Waals surface area contributed by atoms with Crippen molar-refractivity contribution in [1.82, 2.24) is 0 Å². The Morgan fingerprint density at radius 3 is 2.79 bits per heavy atom. The Morgan fingerprint density at radius 2 is 2.21 bits per heavy atom. The van der Waals surface area contributed by atoms with Crippen LogP contribution in [0.4, 0.5) is 0 Å². The van der Waals surface area contributed by atoms with Crippen molar-refractivity contribution in [3.8, 4) is 0 Å². The minimum atomic E-state index is 0.233. The van der Waals surface area contributed by atoms with Gasteiger partial charge in [0.15, 0.2) is 0 Å². The predicted molar refractivity (Wildman–Crippen MR) is 68.9 cm³/mol. The van der Waals surface area contributed by atoms with E-state index in [4.69, 9.17) is 9.47 Å². The highest BCUT2D eigenvalue weighted by Gasteiger charge is 2.03. The van der Waals surface area contributed by atoms with Gasteiger partial charge in [0.2, 0.25) is 0 Å². The molecule has 0 aliphatic rings. The Kier molecular flexibility index (Phi) is 11.8. The SMILES string of the molecule is CCC/C=C/[C@H](CCCI)OCOC. The third-order valence-corrected chi connectivity index (χ3v) is 2.59. The molecule has 0 aromatic rings. The molecule has 0 unspecified atom stereocenters. The summed E-state index contributed by atoms with van der Waals surface area (Å²) in [5, 5.41) is 0. The van der Waals surface area contributed by atoms with Crippen LogP contribution in [0, 0.1) is 0 Å². The van der Waals surface area contributed by atoms with Crippen LogP contribution in [-0.2, 0) is 9.47 Å². The molecule has 0 amide bonds. The third kappa shape index (κ3) is 8.97. The van der Waals surface area contributed by atoms with E-state index in [1.807, 2.05) is 0 Å². The van der Waals surface area contributed by atoms with Crippen LogP contribution in [0.15, 0.2) is 12.2 Å². The first-order valence-electron chi connectivity index (χ1n) is 5.18. The smallest absolute Gasteiger partial charge is 0.147 e. The fourth-order valence-corrected chi connectivity index (χ4v) is 1.52. The van der Waals surface area contributed by atoms with Gasteiger partial charge in [-0.1, -0.05) is 48.1 Å². The number of alkyl halides is 1. The molecule has 0 aliphatic heterocycles. The number of unbranched alkanes of at least 4 members (excludes halogenated alkanes) is 1. The van der Waals surface area contributed by atoms with E-state index in [0.29, 0.717) is 6.79 Å². The second kappa shape index (κ2) is 11.5. The highest BCUT2D eigenvalue weighted by atomic mass is 127. The van der Waals surface area contributed by atoms with Crippen molar-refractivity contribution >= 4 is 22.6 Å². The molecule has 0 aromatic heterocycles. The van der Waals surface area contributed by atoms with Crippen molar-refractivity contribution < 1.29 is 9.47 Å². The van der Waals surface area contributed by atoms with Crippen molar-refractivity contribution in [3.05, 3.63) is 12.2 Å². The quantitative estimate of drug-likeness (QED) is 0.281. The lowest BCUT2D eigenvalue weighted by Crippen LogP contribution is -2.12. The summed E-state index contributed by atoms with van der Waals surface area (Å²) < 4.78 is 11.6. The van der Waals surface area contributed by atoms with Gasteiger partial charge in [0.05, 0.1) is 6.10 Å². The molecule has 0 rings (SSSR count). The zero-order chi connectivity index (χ0) is 10.6. The van der Waals surface area contributed by atoms with E-state index in [1.54, 1.807) is 7.11 Å². The summed E-state index contributed by atoms with van der Waals surface area (Å²) in [5.41, 5.74) is 0. The van der Waals surface area contributed by atoms with Gasteiger partial charge in [-0.25, -0.2) is 0 Å². The maximum absolute atomic E-state index is 5.53. The Labute approximate surface area is 101 Å². The fourth-order valence-electron chi connectivity index (χ4n) is 1.08. The molecule has 0 aliphatic carbocycles. The van der Waals surface area contributed by atoms with Crippen LogP contribution in [0.1, 0.15) is 32.6 Å². The van der Waals surface area contributed by atoms with Crippen LogP contribution in [0.3, 0.4) is 0 Å². The fraction of sp³-hybridized carbons (Fsp3) is 0.818. The topological polar surface area (TPSA) is 18.5 Å². The van der Waals surface area contributed by atoms with E-state index >= 15 is 0 Å². The molecule has 0 saturated carbocycles. The van der Waals surface area contributed by atoms with Crippen molar-refractivity contribution in [2.24, 2.45) is 0 Å². The normalized spacial score (nSPS) is 13.6. The molecule has 0 fully saturated rings. The average molecular weight is 312 g/mol. The third-order valence-electron chi connectivity index (χ3n) is 1.83. The highest BCUT2D eigenvalue weighted by molar-refractivity contribution is 14.1. The molecule has 0 spiro atoms. The summed E-state index contributed by atoms with van der Waals surface area (Å²) in [6.45, 7) is 2.57. The Hall–Kier alpha value is 0.390. The van der Waals surface area contributed by atoms with E-state index < -0.39 is 0 Å². The maximum atomic E-state index is 5.53. The Bertz CT molecular complexity index is 129. The van der Waals surface area contributed by atoms with Gasteiger partial charge in [0.1, 0.15) is 6.79 Å². The zero-order valence-electron chi connectivity index (χ0n) is 9.17. The average Bonchev–Trinajstić information content (AvgIpc) is 2.21. The number of allylic oxidation sites excluding steroid dienone is 1. The van der Waals surface area contributed by atoms with Crippen LogP contribution in [0.5, 0.6) is 0 Å². The van der Waals surface area contributed by atoms with E-state index in [2.05, 4.69) is 41.7 Å². The Morgan fingerprint density at radius 1 is 1.43 bits per heavy atom. The van der Waals surface area contributed by atoms with E-state index in [-0.39, 0.29) is 6.10 Å². The molecule has 0 bridgehead atoms. The standard InChI is InChI=1S/C11H21IO2/c1-3-4-5-7-11(8-6-9-12)14-10-13-2/h5,7,11H,3-4,6,8-10H2,1-2H3/b7-5+/t11-/m1/s1. The Balaban J connectivity index is 3.71. The van der Waals surface area contributed by atoms with Crippen LogP contribution < -0.4 is 0 Å². The zero-order valence-corrected chi connectivity index (χ0v) is 11.3. The number of hydrogen-bond donors (Lipinski definition) is 0. The van der Waals surface area contributed by atoms with E-state index in [9.17, 15) is 0 Å². The summed E-state index contributed by atoms with van der Waals surface area (Å²) in [6.07, 6.45) is 9.22. The minimum Gasteiger partial charge on any atom is -0.359 e.